The fraction of sp³-hybridized carbons (Fsp3) is 0.471. The Balaban J connectivity index is 1.81. The molecule has 120 valence electrons. The van der Waals surface area contributed by atoms with Gasteiger partial charge in [-0.3, -0.25) is 0 Å². The quantitative estimate of drug-likeness (QED) is 0.792. The van der Waals surface area contributed by atoms with Gasteiger partial charge in [0.1, 0.15) is 22.3 Å². The van der Waals surface area contributed by atoms with Crippen molar-refractivity contribution >= 4 is 27.4 Å². The zero-order valence-corrected chi connectivity index (χ0v) is 14.6. The molecule has 1 fully saturated rings. The maximum Gasteiger partial charge on any atom is 0.141 e. The zero-order valence-electron chi connectivity index (χ0n) is 13.8. The smallest absolute Gasteiger partial charge is 0.141 e. The van der Waals surface area contributed by atoms with Gasteiger partial charge in [-0.15, -0.1) is 11.3 Å². The lowest BCUT2D eigenvalue weighted by Gasteiger charge is -2.25. The maximum atomic E-state index is 4.86. The van der Waals surface area contributed by atoms with Crippen LogP contribution in [0.2, 0.25) is 0 Å². The minimum absolute atomic E-state index is 0.283. The summed E-state index contributed by atoms with van der Waals surface area (Å²) in [6, 6.07) is 2.42. The van der Waals surface area contributed by atoms with Crippen LogP contribution in [0, 0.1) is 13.8 Å². The van der Waals surface area contributed by atoms with Crippen molar-refractivity contribution in [1.82, 2.24) is 19.9 Å². The predicted molar refractivity (Wildman–Crippen MR) is 94.2 cm³/mol. The molecular weight excluding hydrogens is 306 g/mol. The van der Waals surface area contributed by atoms with E-state index in [0.717, 1.165) is 53.1 Å². The summed E-state index contributed by atoms with van der Waals surface area (Å²) in [5.74, 6) is 3.06. The molecule has 1 unspecified atom stereocenters. The van der Waals surface area contributed by atoms with Crippen LogP contribution < -0.4 is 4.90 Å². The van der Waals surface area contributed by atoms with Gasteiger partial charge < -0.3 is 9.88 Å². The number of thiophene rings is 1. The van der Waals surface area contributed by atoms with Crippen molar-refractivity contribution in [2.45, 2.75) is 46.1 Å². The predicted octanol–water partition coefficient (Wildman–Crippen LogP) is 3.94. The number of aryl methyl sites for hydroxylation is 3. The Morgan fingerprint density at radius 1 is 1.30 bits per heavy atom. The highest BCUT2D eigenvalue weighted by molar-refractivity contribution is 7.16. The maximum absolute atomic E-state index is 4.86. The van der Waals surface area contributed by atoms with Gasteiger partial charge in [-0.2, -0.15) is 0 Å². The van der Waals surface area contributed by atoms with Gasteiger partial charge in [-0.05, 0) is 38.1 Å². The number of H-pyrrole nitrogens is 1. The summed E-state index contributed by atoms with van der Waals surface area (Å²) in [5.41, 5.74) is 2.24. The van der Waals surface area contributed by atoms with E-state index in [1.807, 2.05) is 0 Å². The van der Waals surface area contributed by atoms with Gasteiger partial charge in [-0.1, -0.05) is 6.92 Å². The second kappa shape index (κ2) is 5.60. The number of hydrogen-bond acceptors (Lipinski definition) is 5. The molecule has 1 aliphatic heterocycles. The summed E-state index contributed by atoms with van der Waals surface area (Å²) in [4.78, 5) is 21.2. The number of fused-ring (bicyclic) bond motifs is 1. The second-order valence-electron chi connectivity index (χ2n) is 6.14. The molecule has 0 amide bonds. The fourth-order valence-corrected chi connectivity index (χ4v) is 4.07. The molecule has 4 rings (SSSR count). The number of imidazole rings is 1. The molecule has 6 heteroatoms. The fourth-order valence-electron chi connectivity index (χ4n) is 3.30. The molecule has 0 saturated carbocycles. The van der Waals surface area contributed by atoms with E-state index in [2.05, 4.69) is 47.1 Å². The average Bonchev–Trinajstić information content (AvgIpc) is 3.26. The van der Waals surface area contributed by atoms with Crippen LogP contribution >= 0.6 is 11.3 Å². The highest BCUT2D eigenvalue weighted by Crippen LogP contribution is 2.38. The third-order valence-corrected chi connectivity index (χ3v) is 5.46. The minimum Gasteiger partial charge on any atom is -0.346 e. The first-order valence-corrected chi connectivity index (χ1v) is 9.09. The summed E-state index contributed by atoms with van der Waals surface area (Å²) in [6.07, 6.45) is 3.14. The molecule has 0 spiro atoms. The number of aromatic amines is 1. The highest BCUT2D eigenvalue weighted by atomic mass is 32.1. The number of nitrogens with one attached hydrogen (secondary N) is 1. The number of hydrogen-bond donors (Lipinski definition) is 1. The lowest BCUT2D eigenvalue weighted by Crippen LogP contribution is -2.25. The Kier molecular flexibility index (Phi) is 3.56. The summed E-state index contributed by atoms with van der Waals surface area (Å²) in [6.45, 7) is 7.28. The summed E-state index contributed by atoms with van der Waals surface area (Å²) in [5, 5.41) is 3.27. The van der Waals surface area contributed by atoms with Gasteiger partial charge in [-0.25, -0.2) is 15.0 Å². The number of aromatic nitrogens is 4. The molecule has 1 N–H and O–H groups in total. The first-order valence-electron chi connectivity index (χ1n) is 8.21. The topological polar surface area (TPSA) is 57.7 Å². The summed E-state index contributed by atoms with van der Waals surface area (Å²) < 4.78 is 0. The van der Waals surface area contributed by atoms with Crippen LogP contribution in [-0.2, 0) is 6.42 Å². The third kappa shape index (κ3) is 2.41. The van der Waals surface area contributed by atoms with Crippen molar-refractivity contribution in [2.24, 2.45) is 0 Å². The molecule has 1 atom stereocenters. The Labute approximate surface area is 139 Å². The van der Waals surface area contributed by atoms with E-state index >= 15 is 0 Å². The minimum atomic E-state index is 0.283. The van der Waals surface area contributed by atoms with Crippen molar-refractivity contribution in [3.05, 3.63) is 34.5 Å². The Morgan fingerprint density at radius 3 is 2.91 bits per heavy atom. The Bertz CT molecular complexity index is 830. The van der Waals surface area contributed by atoms with E-state index in [0.29, 0.717) is 0 Å². The molecule has 1 aliphatic rings. The molecule has 0 radical (unpaired) electrons. The van der Waals surface area contributed by atoms with Crippen molar-refractivity contribution < 1.29 is 0 Å². The molecule has 3 aromatic heterocycles. The SMILES string of the molecule is CCc1nc(N2CCCC2c2nc(C)c(C)[nH]2)c2ccsc2n1. The van der Waals surface area contributed by atoms with Crippen LogP contribution in [-0.4, -0.2) is 26.5 Å². The van der Waals surface area contributed by atoms with Crippen LogP contribution in [0.3, 0.4) is 0 Å². The number of rotatable bonds is 3. The zero-order chi connectivity index (χ0) is 16.0. The van der Waals surface area contributed by atoms with Gasteiger partial charge >= 0.3 is 0 Å². The van der Waals surface area contributed by atoms with Gasteiger partial charge in [0.05, 0.1) is 17.1 Å². The van der Waals surface area contributed by atoms with Gasteiger partial charge in [0.2, 0.25) is 0 Å². The number of anilines is 1. The molecule has 0 bridgehead atoms. The monoisotopic (exact) mass is 327 g/mol. The van der Waals surface area contributed by atoms with Crippen molar-refractivity contribution in [3.8, 4) is 0 Å². The normalized spacial score (nSPS) is 18.2. The second-order valence-corrected chi connectivity index (χ2v) is 7.03. The molecule has 4 heterocycles. The molecule has 0 aromatic carbocycles. The molecular formula is C17H21N5S. The lowest BCUT2D eigenvalue weighted by molar-refractivity contribution is 0.668. The van der Waals surface area contributed by atoms with Gasteiger partial charge in [0.25, 0.3) is 0 Å². The third-order valence-electron chi connectivity index (χ3n) is 4.65. The van der Waals surface area contributed by atoms with Crippen LogP contribution in [0.15, 0.2) is 11.4 Å². The standard InChI is InChI=1S/C17H21N5S/c1-4-14-20-16(12-7-9-23-17(12)21-14)22-8-5-6-13(22)15-18-10(2)11(3)19-15/h7,9,13H,4-6,8H2,1-3H3,(H,18,19). The van der Waals surface area contributed by atoms with Crippen molar-refractivity contribution in [1.29, 1.82) is 0 Å². The largest absolute Gasteiger partial charge is 0.346 e. The Hall–Kier alpha value is -1.95. The van der Waals surface area contributed by atoms with E-state index < -0.39 is 0 Å². The molecule has 3 aromatic rings. The van der Waals surface area contributed by atoms with Gasteiger partial charge in [0.15, 0.2) is 0 Å². The highest BCUT2D eigenvalue weighted by Gasteiger charge is 2.31. The lowest BCUT2D eigenvalue weighted by atomic mass is 10.2. The molecule has 1 saturated heterocycles. The first-order chi connectivity index (χ1) is 11.2. The molecule has 23 heavy (non-hydrogen) atoms. The van der Waals surface area contributed by atoms with Crippen LogP contribution in [0.4, 0.5) is 5.82 Å². The van der Waals surface area contributed by atoms with Crippen molar-refractivity contribution in [2.75, 3.05) is 11.4 Å². The van der Waals surface area contributed by atoms with Crippen LogP contribution in [0.5, 0.6) is 0 Å². The van der Waals surface area contributed by atoms with Crippen LogP contribution in [0.25, 0.3) is 10.2 Å². The van der Waals surface area contributed by atoms with E-state index in [9.17, 15) is 0 Å². The Morgan fingerprint density at radius 2 is 2.17 bits per heavy atom. The van der Waals surface area contributed by atoms with E-state index in [-0.39, 0.29) is 6.04 Å². The van der Waals surface area contributed by atoms with Crippen LogP contribution in [0.1, 0.15) is 48.8 Å². The summed E-state index contributed by atoms with van der Waals surface area (Å²) >= 11 is 1.69. The van der Waals surface area contributed by atoms with Gasteiger partial charge in [0, 0.05) is 18.7 Å². The van der Waals surface area contributed by atoms with E-state index in [4.69, 9.17) is 9.97 Å². The molecule has 5 nitrogen and oxygen atoms in total. The van der Waals surface area contributed by atoms with Crippen molar-refractivity contribution in [3.63, 3.8) is 0 Å². The number of nitrogens with zero attached hydrogens (tertiary/aromatic N) is 4. The van der Waals surface area contributed by atoms with E-state index in [1.165, 1.54) is 11.8 Å². The molecule has 0 aliphatic carbocycles. The average molecular weight is 327 g/mol. The van der Waals surface area contributed by atoms with E-state index in [1.54, 1.807) is 11.3 Å². The summed E-state index contributed by atoms with van der Waals surface area (Å²) in [7, 11) is 0. The first kappa shape index (κ1) is 14.6.